The zero-order valence-corrected chi connectivity index (χ0v) is 36.3. The smallest absolute Gasteiger partial charge is 0.227 e. The number of aliphatic hydroxyl groups is 2. The Labute approximate surface area is 324 Å². The molecule has 1 aliphatic heterocycles. The predicted molar refractivity (Wildman–Crippen MR) is 226 cm³/mol. The quantitative estimate of drug-likeness (QED) is 0.181. The first-order valence-corrected chi connectivity index (χ1v) is 19.7. The molecule has 4 atom stereocenters. The summed E-state index contributed by atoms with van der Waals surface area (Å²) in [6.45, 7) is 31.6. The Kier molecular flexibility index (Phi) is 30.6. The number of carbonyl (C=O) groups is 1. The average molecular weight is 744 g/mol. The van der Waals surface area contributed by atoms with Gasteiger partial charge < -0.3 is 15.5 Å². The van der Waals surface area contributed by atoms with Gasteiger partial charge in [0.25, 0.3) is 0 Å². The van der Waals surface area contributed by atoms with Crippen LogP contribution in [-0.2, 0) is 4.79 Å². The molecule has 53 heavy (non-hydrogen) atoms. The monoisotopic (exact) mass is 744 g/mol. The van der Waals surface area contributed by atoms with E-state index < -0.39 is 17.0 Å². The minimum absolute atomic E-state index is 0.0411. The third-order valence-corrected chi connectivity index (χ3v) is 8.72. The molecule has 1 aromatic rings. The number of amides is 1. The molecule has 8 nitrogen and oxygen atoms in total. The van der Waals surface area contributed by atoms with Crippen LogP contribution in [-0.4, -0.2) is 57.7 Å². The summed E-state index contributed by atoms with van der Waals surface area (Å²) in [6, 6.07) is 4.31. The Morgan fingerprint density at radius 1 is 1.04 bits per heavy atom. The van der Waals surface area contributed by atoms with Crippen LogP contribution in [0.25, 0.3) is 0 Å². The number of nitrogens with one attached hydrogen (secondary N) is 1. The van der Waals surface area contributed by atoms with Gasteiger partial charge in [0.2, 0.25) is 5.91 Å². The van der Waals surface area contributed by atoms with Crippen LogP contribution in [0.3, 0.4) is 0 Å². The van der Waals surface area contributed by atoms with E-state index in [-0.39, 0.29) is 17.5 Å². The highest BCUT2D eigenvalue weighted by Gasteiger charge is 2.27. The number of unbranched alkanes of at least 4 members (excludes halogenated alkanes) is 2. The van der Waals surface area contributed by atoms with Gasteiger partial charge in [0.15, 0.2) is 0 Å². The summed E-state index contributed by atoms with van der Waals surface area (Å²) in [5, 5.41) is 30.1. The summed E-state index contributed by atoms with van der Waals surface area (Å²) in [5.74, 6) is 3.06. The number of hydrogen-bond acceptors (Lipinski definition) is 7. The van der Waals surface area contributed by atoms with Crippen molar-refractivity contribution in [1.29, 1.82) is 5.26 Å². The summed E-state index contributed by atoms with van der Waals surface area (Å²) in [6.07, 6.45) is 17.4. The average Bonchev–Trinajstić information content (AvgIpc) is 3.11. The zero-order valence-electron chi connectivity index (χ0n) is 36.3. The van der Waals surface area contributed by atoms with Gasteiger partial charge >= 0.3 is 0 Å². The van der Waals surface area contributed by atoms with Crippen molar-refractivity contribution in [3.8, 4) is 6.07 Å². The number of nitriles is 1. The zero-order chi connectivity index (χ0) is 41.8. The first kappa shape index (κ1) is 54.0. The molecule has 0 spiro atoms. The molecule has 0 radical (unpaired) electrons. The van der Waals surface area contributed by atoms with E-state index >= 15 is 0 Å². The number of aryl methyl sites for hydroxylation is 1. The lowest BCUT2D eigenvalue weighted by Crippen LogP contribution is -2.48. The van der Waals surface area contributed by atoms with Crippen LogP contribution in [0, 0.1) is 41.8 Å². The highest BCUT2D eigenvalue weighted by Crippen LogP contribution is 2.32. The second kappa shape index (κ2) is 30.0. The number of halogens is 1. The van der Waals surface area contributed by atoms with E-state index in [0.717, 1.165) is 29.7 Å². The molecule has 1 aliphatic carbocycles. The lowest BCUT2D eigenvalue weighted by Gasteiger charge is -2.30. The molecule has 9 heteroatoms. The van der Waals surface area contributed by atoms with E-state index in [1.807, 2.05) is 6.92 Å². The van der Waals surface area contributed by atoms with Gasteiger partial charge in [-0.05, 0) is 83.8 Å². The molecule has 3 rings (SSSR count). The van der Waals surface area contributed by atoms with Gasteiger partial charge in [0.05, 0.1) is 28.5 Å². The van der Waals surface area contributed by atoms with Crippen molar-refractivity contribution >= 4 is 24.0 Å². The summed E-state index contributed by atoms with van der Waals surface area (Å²) in [7, 11) is 1.70. The summed E-state index contributed by atoms with van der Waals surface area (Å²) >= 11 is 0. The summed E-state index contributed by atoms with van der Waals surface area (Å²) in [5.41, 5.74) is -0.139. The van der Waals surface area contributed by atoms with Crippen molar-refractivity contribution < 1.29 is 19.4 Å². The molecule has 1 amide bonds. The van der Waals surface area contributed by atoms with Gasteiger partial charge in [-0.3, -0.25) is 14.7 Å². The Bertz CT molecular complexity index is 1260. The number of benzene rings is 1. The normalized spacial score (nSPS) is 18.8. The van der Waals surface area contributed by atoms with Crippen LogP contribution in [0.5, 0.6) is 0 Å². The van der Waals surface area contributed by atoms with Crippen LogP contribution in [0.15, 0.2) is 46.8 Å². The maximum atomic E-state index is 13.1. The fourth-order valence-corrected chi connectivity index (χ4v) is 4.33. The number of rotatable bonds is 8. The SMILES string of the molecule is C=CC(C)(C)O.CC1CC[C@H](C)C(C)C1.CC=Nc1cc(F)c(C#N)cc1C.CCCC.CCCC.CCCC(=O)N(C)C1=CNC(C(C)(C)O)C=N1. The van der Waals surface area contributed by atoms with Gasteiger partial charge in [0, 0.05) is 38.2 Å². The van der Waals surface area contributed by atoms with E-state index in [4.69, 9.17) is 10.4 Å². The van der Waals surface area contributed by atoms with Crippen LogP contribution in [0.1, 0.15) is 159 Å². The van der Waals surface area contributed by atoms with E-state index in [9.17, 15) is 14.3 Å². The topological polar surface area (TPSA) is 121 Å². The Hall–Kier alpha value is -3.35. The molecular weight excluding hydrogens is 666 g/mol. The molecule has 1 aromatic carbocycles. The molecule has 0 aromatic heterocycles. The maximum Gasteiger partial charge on any atom is 0.227 e. The van der Waals surface area contributed by atoms with Gasteiger partial charge in [-0.25, -0.2) is 9.38 Å². The maximum absolute atomic E-state index is 13.1. The first-order valence-electron chi connectivity index (χ1n) is 19.7. The van der Waals surface area contributed by atoms with E-state index in [2.05, 4.69) is 70.3 Å². The van der Waals surface area contributed by atoms with E-state index in [1.54, 1.807) is 73.3 Å². The van der Waals surface area contributed by atoms with Crippen LogP contribution in [0.2, 0.25) is 0 Å². The van der Waals surface area contributed by atoms with E-state index in [1.165, 1.54) is 68.1 Å². The standard InChI is InChI=1S/C12H21N3O2.C10H9FN2.C9H18.C5H10O.2C4H10/c1-5-6-11(16)15(4)10-8-13-9(7-14-10)12(2,3)17;1-3-13-10-5-9(11)8(6-12)4-7(10)2;1-7-4-5-8(2)9(3)6-7;1-4-5(2,3)6;2*1-3-4-2/h7-9,13,17H,5-6H2,1-4H3;3-5H,1-2H3;7-9H,4-6H2,1-3H3;4,6H,1H2,2-3H3;2*3-4H2,1-2H3/t;;7?,8-,9?;;;/m..0.../s1. The van der Waals surface area contributed by atoms with Gasteiger partial charge in [-0.1, -0.05) is 100.0 Å². The summed E-state index contributed by atoms with van der Waals surface area (Å²) < 4.78 is 13.1. The molecule has 0 bridgehead atoms. The third-order valence-electron chi connectivity index (χ3n) is 8.72. The minimum atomic E-state index is -0.877. The molecule has 2 aliphatic rings. The molecule has 1 heterocycles. The Morgan fingerprint density at radius 3 is 1.91 bits per heavy atom. The third kappa shape index (κ3) is 27.0. The number of aliphatic imine (C=N–C) groups is 2. The molecule has 0 saturated heterocycles. The van der Waals surface area contributed by atoms with Crippen LogP contribution in [0.4, 0.5) is 10.1 Å². The number of hydrogen-bond donors (Lipinski definition) is 3. The van der Waals surface area contributed by atoms with Crippen molar-refractivity contribution in [3.63, 3.8) is 0 Å². The van der Waals surface area contributed by atoms with Crippen LogP contribution >= 0.6 is 0 Å². The van der Waals surface area contributed by atoms with Crippen molar-refractivity contribution in [3.05, 3.63) is 53.8 Å². The lowest BCUT2D eigenvalue weighted by atomic mass is 9.77. The highest BCUT2D eigenvalue weighted by molar-refractivity contribution is 5.79. The van der Waals surface area contributed by atoms with Gasteiger partial charge in [-0.15, -0.1) is 6.58 Å². The van der Waals surface area contributed by atoms with Crippen LogP contribution < -0.4 is 5.32 Å². The molecule has 1 saturated carbocycles. The Balaban J connectivity index is -0.000000615. The molecule has 3 unspecified atom stereocenters. The second-order valence-corrected chi connectivity index (χ2v) is 15.1. The fraction of sp³-hybridized carbons (Fsp3) is 0.682. The molecule has 1 fully saturated rings. The number of carbonyl (C=O) groups excluding carboxylic acids is 1. The highest BCUT2D eigenvalue weighted by atomic mass is 19.1. The van der Waals surface area contributed by atoms with E-state index in [0.29, 0.717) is 17.9 Å². The summed E-state index contributed by atoms with van der Waals surface area (Å²) in [4.78, 5) is 21.3. The number of nitrogens with zero attached hydrogens (tertiary/aromatic N) is 4. The van der Waals surface area contributed by atoms with Crippen molar-refractivity contribution in [1.82, 2.24) is 10.2 Å². The first-order chi connectivity index (χ1) is 24.6. The fourth-order valence-electron chi connectivity index (χ4n) is 4.33. The molecule has 304 valence electrons. The van der Waals surface area contributed by atoms with Crippen molar-refractivity contribution in [2.24, 2.45) is 27.7 Å². The second-order valence-electron chi connectivity index (χ2n) is 15.1. The van der Waals surface area contributed by atoms with Crippen molar-refractivity contribution in [2.75, 3.05) is 7.05 Å². The minimum Gasteiger partial charge on any atom is -0.388 e. The van der Waals surface area contributed by atoms with Gasteiger partial charge in [-0.2, -0.15) is 5.26 Å². The molecular formula is C44H78FN5O3. The lowest BCUT2D eigenvalue weighted by molar-refractivity contribution is -0.128. The Morgan fingerprint density at radius 2 is 1.57 bits per heavy atom. The van der Waals surface area contributed by atoms with Gasteiger partial charge in [0.1, 0.15) is 17.7 Å². The predicted octanol–water partition coefficient (Wildman–Crippen LogP) is 11.2. The largest absolute Gasteiger partial charge is 0.388 e. The molecule has 3 N–H and O–H groups in total. The van der Waals surface area contributed by atoms with Crippen molar-refractivity contribution in [2.45, 2.75) is 172 Å².